The molecule has 1 fully saturated rings. The highest BCUT2D eigenvalue weighted by Gasteiger charge is 2.27. The molecular weight excluding hydrogens is 308 g/mol. The summed E-state index contributed by atoms with van der Waals surface area (Å²) in [7, 11) is 0. The lowest BCUT2D eigenvalue weighted by Crippen LogP contribution is -2.48. The molecule has 120 valence electrons. The zero-order valence-corrected chi connectivity index (χ0v) is 13.6. The molecule has 1 aliphatic heterocycles. The summed E-state index contributed by atoms with van der Waals surface area (Å²) in [5.74, 6) is 0.784. The van der Waals surface area contributed by atoms with Crippen molar-refractivity contribution in [3.63, 3.8) is 0 Å². The normalized spacial score (nSPS) is 22.1. The van der Waals surface area contributed by atoms with Gasteiger partial charge in [0.15, 0.2) is 0 Å². The van der Waals surface area contributed by atoms with Crippen LogP contribution in [0.2, 0.25) is 0 Å². The maximum absolute atomic E-state index is 12.6. The summed E-state index contributed by atoms with van der Waals surface area (Å²) in [6.45, 7) is 0.403. The SMILES string of the molecule is O=C1NC(c2ccccc2)SCCC(O)N1Cc1ccccc1. The van der Waals surface area contributed by atoms with Crippen molar-refractivity contribution >= 4 is 17.8 Å². The average Bonchev–Trinajstić information content (AvgIpc) is 2.59. The van der Waals surface area contributed by atoms with E-state index in [0.29, 0.717) is 13.0 Å². The number of rotatable bonds is 3. The highest BCUT2D eigenvalue weighted by molar-refractivity contribution is 7.99. The number of aliphatic hydroxyl groups excluding tert-OH is 1. The molecular formula is C18H20N2O2S. The Hall–Kier alpha value is -1.98. The second-order valence-corrected chi connectivity index (χ2v) is 6.71. The molecule has 23 heavy (non-hydrogen) atoms. The Balaban J connectivity index is 1.76. The molecule has 0 radical (unpaired) electrons. The first-order valence-corrected chi connectivity index (χ1v) is 8.74. The fourth-order valence-corrected chi connectivity index (χ4v) is 3.70. The molecule has 1 saturated heterocycles. The number of benzene rings is 2. The third-order valence-electron chi connectivity index (χ3n) is 3.83. The van der Waals surface area contributed by atoms with E-state index in [2.05, 4.69) is 5.32 Å². The fourth-order valence-electron chi connectivity index (χ4n) is 2.58. The van der Waals surface area contributed by atoms with Gasteiger partial charge in [-0.15, -0.1) is 11.8 Å². The molecule has 0 saturated carbocycles. The maximum Gasteiger partial charge on any atom is 0.320 e. The van der Waals surface area contributed by atoms with Crippen molar-refractivity contribution in [1.29, 1.82) is 0 Å². The van der Waals surface area contributed by atoms with E-state index < -0.39 is 6.23 Å². The number of hydrogen-bond donors (Lipinski definition) is 2. The predicted octanol–water partition coefficient (Wildman–Crippen LogP) is 3.35. The van der Waals surface area contributed by atoms with Crippen LogP contribution in [0.4, 0.5) is 4.79 Å². The summed E-state index contributed by atoms with van der Waals surface area (Å²) in [4.78, 5) is 14.1. The molecule has 2 N–H and O–H groups in total. The molecule has 2 unspecified atom stereocenters. The number of nitrogens with zero attached hydrogens (tertiary/aromatic N) is 1. The molecule has 4 nitrogen and oxygen atoms in total. The Morgan fingerprint density at radius 1 is 1.09 bits per heavy atom. The number of amides is 2. The lowest BCUT2D eigenvalue weighted by Gasteiger charge is -2.33. The van der Waals surface area contributed by atoms with Crippen LogP contribution in [-0.2, 0) is 6.54 Å². The number of carbonyl (C=O) groups excluding carboxylic acids is 1. The number of hydrogen-bond acceptors (Lipinski definition) is 3. The van der Waals surface area contributed by atoms with E-state index in [9.17, 15) is 9.90 Å². The predicted molar refractivity (Wildman–Crippen MR) is 92.8 cm³/mol. The first-order valence-electron chi connectivity index (χ1n) is 7.70. The molecule has 2 amide bonds. The van der Waals surface area contributed by atoms with Gasteiger partial charge in [0.2, 0.25) is 0 Å². The summed E-state index contributed by atoms with van der Waals surface area (Å²) >= 11 is 1.65. The minimum atomic E-state index is -0.764. The zero-order chi connectivity index (χ0) is 16.1. The van der Waals surface area contributed by atoms with Gasteiger partial charge < -0.3 is 10.4 Å². The number of aliphatic hydroxyl groups is 1. The average molecular weight is 328 g/mol. The van der Waals surface area contributed by atoms with Crippen molar-refractivity contribution in [1.82, 2.24) is 10.2 Å². The van der Waals surface area contributed by atoms with E-state index in [-0.39, 0.29) is 11.4 Å². The monoisotopic (exact) mass is 328 g/mol. The van der Waals surface area contributed by atoms with Crippen LogP contribution in [0, 0.1) is 0 Å². The summed E-state index contributed by atoms with van der Waals surface area (Å²) < 4.78 is 0. The van der Waals surface area contributed by atoms with Crippen LogP contribution in [0.3, 0.4) is 0 Å². The third-order valence-corrected chi connectivity index (χ3v) is 5.03. The van der Waals surface area contributed by atoms with Gasteiger partial charge in [0.25, 0.3) is 0 Å². The van der Waals surface area contributed by atoms with E-state index in [1.165, 1.54) is 4.90 Å². The second-order valence-electron chi connectivity index (χ2n) is 5.49. The molecule has 2 atom stereocenters. The van der Waals surface area contributed by atoms with Gasteiger partial charge in [-0.05, 0) is 16.9 Å². The smallest absolute Gasteiger partial charge is 0.320 e. The summed E-state index contributed by atoms with van der Waals surface area (Å²) in [5, 5.41) is 13.3. The molecule has 0 aliphatic carbocycles. The molecule has 0 spiro atoms. The largest absolute Gasteiger partial charge is 0.373 e. The summed E-state index contributed by atoms with van der Waals surface area (Å²) in [6, 6.07) is 19.4. The van der Waals surface area contributed by atoms with Crippen molar-refractivity contribution in [2.24, 2.45) is 0 Å². The fraction of sp³-hybridized carbons (Fsp3) is 0.278. The first kappa shape index (κ1) is 15.9. The van der Waals surface area contributed by atoms with Crippen molar-refractivity contribution in [3.05, 3.63) is 71.8 Å². The Kier molecular flexibility index (Phi) is 5.20. The lowest BCUT2D eigenvalue weighted by atomic mass is 10.2. The number of carbonyl (C=O) groups is 1. The van der Waals surface area contributed by atoms with Crippen LogP contribution < -0.4 is 5.32 Å². The van der Waals surface area contributed by atoms with Crippen molar-refractivity contribution in [2.45, 2.75) is 24.6 Å². The molecule has 2 aromatic carbocycles. The quantitative estimate of drug-likeness (QED) is 0.908. The van der Waals surface area contributed by atoms with Crippen molar-refractivity contribution < 1.29 is 9.90 Å². The molecule has 2 aromatic rings. The standard InChI is InChI=1S/C18H20N2O2S/c21-16-11-12-23-17(15-9-5-2-6-10-15)19-18(22)20(16)13-14-7-3-1-4-8-14/h1-10,16-17,21H,11-13H2,(H,19,22). The van der Waals surface area contributed by atoms with Crippen LogP contribution in [0.25, 0.3) is 0 Å². The Morgan fingerprint density at radius 3 is 2.43 bits per heavy atom. The molecule has 3 rings (SSSR count). The van der Waals surface area contributed by atoms with Gasteiger partial charge in [-0.2, -0.15) is 0 Å². The van der Waals surface area contributed by atoms with E-state index in [0.717, 1.165) is 16.9 Å². The van der Waals surface area contributed by atoms with Crippen molar-refractivity contribution in [2.75, 3.05) is 5.75 Å². The van der Waals surface area contributed by atoms with Gasteiger partial charge in [-0.1, -0.05) is 60.7 Å². The van der Waals surface area contributed by atoms with Crippen LogP contribution >= 0.6 is 11.8 Å². The second kappa shape index (κ2) is 7.53. The summed E-state index contributed by atoms with van der Waals surface area (Å²) in [6.07, 6.45) is -0.201. The Morgan fingerprint density at radius 2 is 1.74 bits per heavy atom. The Bertz CT molecular complexity index is 636. The van der Waals surface area contributed by atoms with Crippen LogP contribution in [0.1, 0.15) is 22.9 Å². The van der Waals surface area contributed by atoms with E-state index in [1.54, 1.807) is 11.8 Å². The van der Waals surface area contributed by atoms with Crippen LogP contribution in [-0.4, -0.2) is 28.0 Å². The first-order chi connectivity index (χ1) is 11.2. The minimum absolute atomic E-state index is 0.0885. The zero-order valence-electron chi connectivity index (χ0n) is 12.8. The van der Waals surface area contributed by atoms with E-state index in [1.807, 2.05) is 60.7 Å². The highest BCUT2D eigenvalue weighted by atomic mass is 32.2. The van der Waals surface area contributed by atoms with Crippen LogP contribution in [0.5, 0.6) is 0 Å². The van der Waals surface area contributed by atoms with Crippen LogP contribution in [0.15, 0.2) is 60.7 Å². The third kappa shape index (κ3) is 4.06. The molecule has 1 heterocycles. The molecule has 0 aromatic heterocycles. The number of urea groups is 1. The van der Waals surface area contributed by atoms with E-state index in [4.69, 9.17) is 0 Å². The van der Waals surface area contributed by atoms with E-state index >= 15 is 0 Å². The van der Waals surface area contributed by atoms with Gasteiger partial charge in [-0.3, -0.25) is 4.90 Å². The molecule has 1 aliphatic rings. The Labute approximate surface area is 140 Å². The lowest BCUT2D eigenvalue weighted by molar-refractivity contribution is 0.0229. The highest BCUT2D eigenvalue weighted by Crippen LogP contribution is 2.29. The molecule has 0 bridgehead atoms. The van der Waals surface area contributed by atoms with Gasteiger partial charge in [0.1, 0.15) is 11.6 Å². The summed E-state index contributed by atoms with van der Waals surface area (Å²) in [5.41, 5.74) is 2.08. The maximum atomic E-state index is 12.6. The topological polar surface area (TPSA) is 52.6 Å². The van der Waals surface area contributed by atoms with Crippen molar-refractivity contribution in [3.8, 4) is 0 Å². The van der Waals surface area contributed by atoms with Gasteiger partial charge >= 0.3 is 6.03 Å². The minimum Gasteiger partial charge on any atom is -0.373 e. The van der Waals surface area contributed by atoms with Gasteiger partial charge in [0.05, 0.1) is 0 Å². The van der Waals surface area contributed by atoms with Gasteiger partial charge in [-0.25, -0.2) is 4.79 Å². The number of nitrogens with one attached hydrogen (secondary N) is 1. The van der Waals surface area contributed by atoms with Gasteiger partial charge in [0, 0.05) is 13.0 Å². The number of thioether (sulfide) groups is 1. The molecule has 5 heteroatoms.